The summed E-state index contributed by atoms with van der Waals surface area (Å²) in [6, 6.07) is 7.44. The van der Waals surface area contributed by atoms with E-state index < -0.39 is 6.10 Å². The Bertz CT molecular complexity index is 351. The molecule has 0 aliphatic rings. The van der Waals surface area contributed by atoms with Crippen molar-refractivity contribution in [2.24, 2.45) is 0 Å². The van der Waals surface area contributed by atoms with Gasteiger partial charge in [-0.05, 0) is 13.0 Å². The Morgan fingerprint density at radius 2 is 2.27 bits per heavy atom. The fraction of sp³-hybridized carbons (Fsp3) is 0.364. The number of halogens is 1. The standard InChI is InChI=1S/C11H12ClNO2/c1-8(7-13)15-11-9(6-12)4-3-5-10(11)14-2/h3-5,8H,6H2,1-2H3. The van der Waals surface area contributed by atoms with Crippen molar-refractivity contribution >= 4 is 11.6 Å². The number of nitriles is 1. The highest BCUT2D eigenvalue weighted by Crippen LogP contribution is 2.32. The van der Waals surface area contributed by atoms with E-state index in [0.29, 0.717) is 17.4 Å². The SMILES string of the molecule is COc1cccc(CCl)c1OC(C)C#N. The third-order valence-electron chi connectivity index (χ3n) is 1.90. The molecule has 0 fully saturated rings. The van der Waals surface area contributed by atoms with Crippen LogP contribution in [0.1, 0.15) is 12.5 Å². The normalized spacial score (nSPS) is 11.6. The second-order valence-corrected chi connectivity index (χ2v) is 3.24. The van der Waals surface area contributed by atoms with Gasteiger partial charge in [-0.2, -0.15) is 5.26 Å². The Morgan fingerprint density at radius 1 is 1.53 bits per heavy atom. The molecule has 1 aromatic carbocycles. The van der Waals surface area contributed by atoms with E-state index in [-0.39, 0.29) is 0 Å². The quantitative estimate of drug-likeness (QED) is 0.740. The summed E-state index contributed by atoms with van der Waals surface area (Å²) in [7, 11) is 1.55. The van der Waals surface area contributed by atoms with Crippen LogP contribution in [0.3, 0.4) is 0 Å². The van der Waals surface area contributed by atoms with Crippen molar-refractivity contribution < 1.29 is 9.47 Å². The van der Waals surface area contributed by atoms with Gasteiger partial charge in [-0.25, -0.2) is 0 Å². The van der Waals surface area contributed by atoms with Crippen molar-refractivity contribution in [2.45, 2.75) is 18.9 Å². The fourth-order valence-electron chi connectivity index (χ4n) is 1.16. The number of rotatable bonds is 4. The predicted molar refractivity (Wildman–Crippen MR) is 58.3 cm³/mol. The molecule has 0 saturated carbocycles. The van der Waals surface area contributed by atoms with Crippen LogP contribution in [-0.4, -0.2) is 13.2 Å². The third-order valence-corrected chi connectivity index (χ3v) is 2.19. The van der Waals surface area contributed by atoms with Crippen molar-refractivity contribution in [2.75, 3.05) is 7.11 Å². The monoisotopic (exact) mass is 225 g/mol. The van der Waals surface area contributed by atoms with Crippen LogP contribution >= 0.6 is 11.6 Å². The molecular weight excluding hydrogens is 214 g/mol. The molecule has 0 bridgehead atoms. The third kappa shape index (κ3) is 2.77. The van der Waals surface area contributed by atoms with E-state index in [4.69, 9.17) is 26.3 Å². The number of hydrogen-bond acceptors (Lipinski definition) is 3. The number of alkyl halides is 1. The molecule has 0 aliphatic carbocycles. The van der Waals surface area contributed by atoms with E-state index in [1.807, 2.05) is 18.2 Å². The van der Waals surface area contributed by atoms with Gasteiger partial charge in [0.05, 0.1) is 13.0 Å². The highest BCUT2D eigenvalue weighted by Gasteiger charge is 2.12. The molecule has 0 heterocycles. The van der Waals surface area contributed by atoms with Gasteiger partial charge in [-0.3, -0.25) is 0 Å². The van der Waals surface area contributed by atoms with Gasteiger partial charge >= 0.3 is 0 Å². The summed E-state index contributed by atoms with van der Waals surface area (Å²) in [5.41, 5.74) is 0.818. The Labute approximate surface area is 94.2 Å². The molecule has 1 aromatic rings. The Hall–Kier alpha value is -1.40. The molecule has 4 heteroatoms. The maximum atomic E-state index is 8.67. The van der Waals surface area contributed by atoms with Gasteiger partial charge in [0.25, 0.3) is 0 Å². The minimum absolute atomic E-state index is 0.324. The van der Waals surface area contributed by atoms with Gasteiger partial charge in [0.15, 0.2) is 17.6 Å². The van der Waals surface area contributed by atoms with Crippen molar-refractivity contribution in [3.63, 3.8) is 0 Å². The lowest BCUT2D eigenvalue weighted by atomic mass is 10.2. The minimum Gasteiger partial charge on any atom is -0.493 e. The first-order valence-corrected chi connectivity index (χ1v) is 5.04. The number of nitrogens with zero attached hydrogens (tertiary/aromatic N) is 1. The molecule has 1 rings (SSSR count). The zero-order valence-electron chi connectivity index (χ0n) is 8.66. The molecule has 0 spiro atoms. The van der Waals surface area contributed by atoms with Crippen molar-refractivity contribution in [3.05, 3.63) is 23.8 Å². The van der Waals surface area contributed by atoms with Crippen LogP contribution in [0.2, 0.25) is 0 Å². The van der Waals surface area contributed by atoms with E-state index in [9.17, 15) is 0 Å². The summed E-state index contributed by atoms with van der Waals surface area (Å²) in [5, 5.41) is 8.67. The zero-order valence-corrected chi connectivity index (χ0v) is 9.41. The number of para-hydroxylation sites is 1. The van der Waals surface area contributed by atoms with Crippen molar-refractivity contribution in [1.29, 1.82) is 5.26 Å². The maximum absolute atomic E-state index is 8.67. The summed E-state index contributed by atoms with van der Waals surface area (Å²) >= 11 is 5.77. The number of benzene rings is 1. The highest BCUT2D eigenvalue weighted by molar-refractivity contribution is 6.17. The average Bonchev–Trinajstić information content (AvgIpc) is 2.29. The van der Waals surface area contributed by atoms with E-state index in [2.05, 4.69) is 0 Å². The average molecular weight is 226 g/mol. The molecule has 0 aromatic heterocycles. The smallest absolute Gasteiger partial charge is 0.181 e. The molecule has 0 saturated heterocycles. The molecule has 3 nitrogen and oxygen atoms in total. The summed E-state index contributed by atoms with van der Waals surface area (Å²) < 4.78 is 10.6. The van der Waals surface area contributed by atoms with Crippen molar-refractivity contribution in [1.82, 2.24) is 0 Å². The number of ether oxygens (including phenoxy) is 2. The largest absolute Gasteiger partial charge is 0.493 e. The van der Waals surface area contributed by atoms with Gasteiger partial charge < -0.3 is 9.47 Å². The Kier molecular flexibility index (Phi) is 4.26. The van der Waals surface area contributed by atoms with E-state index in [1.165, 1.54) is 0 Å². The second-order valence-electron chi connectivity index (χ2n) is 2.97. The van der Waals surface area contributed by atoms with Crippen LogP contribution in [-0.2, 0) is 5.88 Å². The first-order chi connectivity index (χ1) is 7.22. The Morgan fingerprint density at radius 3 is 2.80 bits per heavy atom. The van der Waals surface area contributed by atoms with E-state index >= 15 is 0 Å². The lowest BCUT2D eigenvalue weighted by molar-refractivity contribution is 0.258. The second kappa shape index (κ2) is 5.47. The van der Waals surface area contributed by atoms with Crippen LogP contribution < -0.4 is 9.47 Å². The lowest BCUT2D eigenvalue weighted by Crippen LogP contribution is -2.10. The van der Waals surface area contributed by atoms with Gasteiger partial charge in [0.1, 0.15) is 6.07 Å². The molecule has 1 atom stereocenters. The van der Waals surface area contributed by atoms with Crippen LogP contribution in [0.5, 0.6) is 11.5 Å². The zero-order chi connectivity index (χ0) is 11.3. The van der Waals surface area contributed by atoms with E-state index in [1.54, 1.807) is 20.1 Å². The summed E-state index contributed by atoms with van der Waals surface area (Å²) in [4.78, 5) is 0. The molecular formula is C11H12ClNO2. The number of hydrogen-bond donors (Lipinski definition) is 0. The van der Waals surface area contributed by atoms with Gasteiger partial charge in [0.2, 0.25) is 0 Å². The summed E-state index contributed by atoms with van der Waals surface area (Å²) in [5.74, 6) is 1.46. The number of methoxy groups -OCH3 is 1. The predicted octanol–water partition coefficient (Wildman–Crippen LogP) is 2.72. The van der Waals surface area contributed by atoms with Gasteiger partial charge in [-0.15, -0.1) is 11.6 Å². The van der Waals surface area contributed by atoms with Crippen molar-refractivity contribution in [3.8, 4) is 17.6 Å². The molecule has 1 unspecified atom stereocenters. The topological polar surface area (TPSA) is 42.2 Å². The van der Waals surface area contributed by atoms with Crippen LogP contribution in [0.4, 0.5) is 0 Å². The maximum Gasteiger partial charge on any atom is 0.181 e. The Balaban J connectivity index is 3.06. The fourth-order valence-corrected chi connectivity index (χ4v) is 1.37. The highest BCUT2D eigenvalue weighted by atomic mass is 35.5. The molecule has 15 heavy (non-hydrogen) atoms. The molecule has 0 radical (unpaired) electrons. The molecule has 0 amide bonds. The van der Waals surface area contributed by atoms with Crippen LogP contribution in [0.15, 0.2) is 18.2 Å². The van der Waals surface area contributed by atoms with Crippen LogP contribution in [0, 0.1) is 11.3 Å². The van der Waals surface area contributed by atoms with E-state index in [0.717, 1.165) is 5.56 Å². The molecule has 0 aliphatic heterocycles. The summed E-state index contributed by atoms with van der Waals surface area (Å²) in [6.07, 6.45) is -0.525. The minimum atomic E-state index is -0.525. The van der Waals surface area contributed by atoms with Gasteiger partial charge in [0, 0.05) is 5.56 Å². The lowest BCUT2D eigenvalue weighted by Gasteiger charge is -2.14. The summed E-state index contributed by atoms with van der Waals surface area (Å²) in [6.45, 7) is 1.67. The van der Waals surface area contributed by atoms with Crippen LogP contribution in [0.25, 0.3) is 0 Å². The molecule has 0 N–H and O–H groups in total. The van der Waals surface area contributed by atoms with Gasteiger partial charge in [-0.1, -0.05) is 12.1 Å². The molecule has 80 valence electrons. The first-order valence-electron chi connectivity index (χ1n) is 4.51. The first kappa shape index (κ1) is 11.7.